The van der Waals surface area contributed by atoms with Crippen LogP contribution in [0.25, 0.3) is 0 Å². The van der Waals surface area contributed by atoms with Crippen LogP contribution in [0.15, 0.2) is 12.3 Å². The molecule has 19 heavy (non-hydrogen) atoms. The van der Waals surface area contributed by atoms with Gasteiger partial charge in [-0.1, -0.05) is 0 Å². The minimum Gasteiger partial charge on any atom is -0.366 e. The second kappa shape index (κ2) is 5.06. The molecule has 1 aromatic rings. The smallest absolute Gasteiger partial charge is 0.366 e. The zero-order chi connectivity index (χ0) is 14.8. The molecule has 1 aromatic heterocycles. The van der Waals surface area contributed by atoms with Crippen LogP contribution >= 0.6 is 0 Å². The number of hydrogen-bond donors (Lipinski definition) is 1. The summed E-state index contributed by atoms with van der Waals surface area (Å²) < 4.78 is 73.5. The van der Waals surface area contributed by atoms with Gasteiger partial charge in [0, 0.05) is 6.20 Å². The van der Waals surface area contributed by atoms with Gasteiger partial charge in [0.15, 0.2) is 0 Å². The molecule has 0 unspecified atom stereocenters. The largest absolute Gasteiger partial charge is 0.394 e. The van der Waals surface area contributed by atoms with Gasteiger partial charge in [-0.05, 0) is 11.6 Å². The van der Waals surface area contributed by atoms with E-state index in [1.54, 1.807) is 0 Å². The Morgan fingerprint density at radius 3 is 2.05 bits per heavy atom. The fourth-order valence-corrected chi connectivity index (χ4v) is 1.54. The van der Waals surface area contributed by atoms with E-state index >= 15 is 0 Å². The third-order valence-electron chi connectivity index (χ3n) is 2.12. The van der Waals surface area contributed by atoms with Crippen LogP contribution in [0.4, 0.5) is 26.3 Å². The number of nitrogens with zero attached hydrogens (tertiary/aromatic N) is 1. The van der Waals surface area contributed by atoms with E-state index in [1.165, 1.54) is 0 Å². The van der Waals surface area contributed by atoms with E-state index in [2.05, 4.69) is 4.98 Å². The Morgan fingerprint density at radius 1 is 1.11 bits per heavy atom. The second-order valence-corrected chi connectivity index (χ2v) is 3.74. The van der Waals surface area contributed by atoms with E-state index in [0.717, 1.165) is 12.3 Å². The molecule has 1 heterocycles. The van der Waals surface area contributed by atoms with Crippen molar-refractivity contribution in [1.29, 1.82) is 0 Å². The lowest BCUT2D eigenvalue weighted by Crippen LogP contribution is -2.24. The first-order valence-electron chi connectivity index (χ1n) is 4.89. The number of nitrogens with two attached hydrogens (primary N) is 1. The molecule has 0 atom stereocenters. The Labute approximate surface area is 103 Å². The van der Waals surface area contributed by atoms with Gasteiger partial charge in [0.25, 0.3) is 5.91 Å². The number of hydrogen-bond acceptors (Lipinski definition) is 2. The molecule has 0 fully saturated rings. The van der Waals surface area contributed by atoms with Gasteiger partial charge in [-0.15, -0.1) is 0 Å². The number of aromatic nitrogens is 1. The van der Waals surface area contributed by atoms with Crippen LogP contribution in [0.3, 0.4) is 0 Å². The third kappa shape index (κ3) is 4.76. The van der Waals surface area contributed by atoms with E-state index in [4.69, 9.17) is 5.73 Å². The van der Waals surface area contributed by atoms with E-state index < -0.39 is 47.9 Å². The molecule has 0 spiro atoms. The normalized spacial score (nSPS) is 12.5. The zero-order valence-electron chi connectivity index (χ0n) is 9.27. The van der Waals surface area contributed by atoms with Gasteiger partial charge in [0.05, 0.1) is 24.1 Å². The SMILES string of the molecule is NC(=O)c1c(CC(F)(F)F)ccnc1CC(F)(F)F. The molecule has 0 aliphatic heterocycles. The predicted octanol–water partition coefficient (Wildman–Crippen LogP) is 2.39. The molecule has 3 nitrogen and oxygen atoms in total. The lowest BCUT2D eigenvalue weighted by molar-refractivity contribution is -0.128. The van der Waals surface area contributed by atoms with Crippen LogP contribution in [0.2, 0.25) is 0 Å². The maximum absolute atomic E-state index is 12.3. The van der Waals surface area contributed by atoms with Crippen LogP contribution in [-0.2, 0) is 12.8 Å². The first kappa shape index (κ1) is 15.3. The number of amides is 1. The highest BCUT2D eigenvalue weighted by Gasteiger charge is 2.34. The first-order valence-corrected chi connectivity index (χ1v) is 4.89. The molecule has 0 radical (unpaired) electrons. The third-order valence-corrected chi connectivity index (χ3v) is 2.12. The highest BCUT2D eigenvalue weighted by Crippen LogP contribution is 2.27. The summed E-state index contributed by atoms with van der Waals surface area (Å²) in [6.07, 6.45) is -11.7. The average Bonchev–Trinajstić information content (AvgIpc) is 2.11. The molecule has 9 heteroatoms. The quantitative estimate of drug-likeness (QED) is 0.867. The Morgan fingerprint density at radius 2 is 1.63 bits per heavy atom. The summed E-state index contributed by atoms with van der Waals surface area (Å²) >= 11 is 0. The number of rotatable bonds is 3. The second-order valence-electron chi connectivity index (χ2n) is 3.74. The number of halogens is 6. The monoisotopic (exact) mass is 286 g/mol. The molecule has 2 N–H and O–H groups in total. The summed E-state index contributed by atoms with van der Waals surface area (Å²) in [5.41, 5.74) is 2.60. The standard InChI is InChI=1S/C10H8F6N2O/c11-9(12,13)3-5-1-2-18-6(4-10(14,15)16)7(5)8(17)19/h1-2H,3-4H2,(H2,17,19). The Balaban J connectivity index is 3.26. The number of carbonyl (C=O) groups excluding carboxylic acids is 1. The minimum atomic E-state index is -4.70. The van der Waals surface area contributed by atoms with Crippen molar-refractivity contribution in [2.45, 2.75) is 25.2 Å². The summed E-state index contributed by atoms with van der Waals surface area (Å²) in [7, 11) is 0. The molecule has 0 saturated heterocycles. The predicted molar refractivity (Wildman–Crippen MR) is 52.3 cm³/mol. The van der Waals surface area contributed by atoms with E-state index in [0.29, 0.717) is 0 Å². The number of pyridine rings is 1. The molecule has 0 saturated carbocycles. The fourth-order valence-electron chi connectivity index (χ4n) is 1.54. The highest BCUT2D eigenvalue weighted by atomic mass is 19.4. The van der Waals surface area contributed by atoms with Crippen molar-refractivity contribution < 1.29 is 31.1 Å². The van der Waals surface area contributed by atoms with Crippen LogP contribution in [0.5, 0.6) is 0 Å². The van der Waals surface area contributed by atoms with Crippen molar-refractivity contribution in [3.05, 3.63) is 29.1 Å². The molecule has 0 bridgehead atoms. The molecule has 1 amide bonds. The van der Waals surface area contributed by atoms with Gasteiger partial charge in [-0.3, -0.25) is 9.78 Å². The average molecular weight is 286 g/mol. The lowest BCUT2D eigenvalue weighted by atomic mass is 10.0. The van der Waals surface area contributed by atoms with Crippen molar-refractivity contribution in [1.82, 2.24) is 4.98 Å². The summed E-state index contributed by atoms with van der Waals surface area (Å²) in [6, 6.07) is 0.827. The van der Waals surface area contributed by atoms with Crippen LogP contribution in [-0.4, -0.2) is 23.2 Å². The Hall–Kier alpha value is -1.80. The lowest BCUT2D eigenvalue weighted by Gasteiger charge is -2.14. The summed E-state index contributed by atoms with van der Waals surface area (Å²) in [5, 5.41) is 0. The maximum atomic E-state index is 12.3. The molecule has 106 valence electrons. The van der Waals surface area contributed by atoms with Gasteiger partial charge in [-0.25, -0.2) is 0 Å². The van der Waals surface area contributed by atoms with Gasteiger partial charge < -0.3 is 5.73 Å². The van der Waals surface area contributed by atoms with Gasteiger partial charge >= 0.3 is 12.4 Å². The molecular formula is C10H8F6N2O. The Kier molecular flexibility index (Phi) is 4.06. The highest BCUT2D eigenvalue weighted by molar-refractivity contribution is 5.95. The molecule has 0 aliphatic carbocycles. The molecular weight excluding hydrogens is 278 g/mol. The summed E-state index contributed by atoms with van der Waals surface area (Å²) in [4.78, 5) is 14.3. The van der Waals surface area contributed by atoms with E-state index in [9.17, 15) is 31.1 Å². The first-order chi connectivity index (χ1) is 8.49. The summed E-state index contributed by atoms with van der Waals surface area (Å²) in [6.45, 7) is 0. The van der Waals surface area contributed by atoms with Gasteiger partial charge in [0.1, 0.15) is 0 Å². The van der Waals surface area contributed by atoms with Crippen molar-refractivity contribution in [2.75, 3.05) is 0 Å². The van der Waals surface area contributed by atoms with Crippen molar-refractivity contribution in [3.63, 3.8) is 0 Å². The van der Waals surface area contributed by atoms with Crippen molar-refractivity contribution in [3.8, 4) is 0 Å². The van der Waals surface area contributed by atoms with Crippen molar-refractivity contribution >= 4 is 5.91 Å². The van der Waals surface area contributed by atoms with Crippen LogP contribution in [0, 0.1) is 0 Å². The van der Waals surface area contributed by atoms with Gasteiger partial charge in [0.2, 0.25) is 0 Å². The molecule has 0 aliphatic rings. The summed E-state index contributed by atoms with van der Waals surface area (Å²) in [5.74, 6) is -1.37. The number of primary amides is 1. The minimum absolute atomic E-state index is 0.616. The molecule has 1 rings (SSSR count). The van der Waals surface area contributed by atoms with Crippen molar-refractivity contribution in [2.24, 2.45) is 5.73 Å². The Bertz CT molecular complexity index is 446. The van der Waals surface area contributed by atoms with Crippen LogP contribution in [0.1, 0.15) is 21.6 Å². The maximum Gasteiger partial charge on any atom is 0.394 e. The van der Waals surface area contributed by atoms with E-state index in [1.807, 2.05) is 0 Å². The number of alkyl halides is 6. The topological polar surface area (TPSA) is 56.0 Å². The van der Waals surface area contributed by atoms with E-state index in [-0.39, 0.29) is 0 Å². The van der Waals surface area contributed by atoms with Gasteiger partial charge in [-0.2, -0.15) is 26.3 Å². The molecule has 0 aromatic carbocycles. The fraction of sp³-hybridized carbons (Fsp3) is 0.400. The zero-order valence-corrected chi connectivity index (χ0v) is 9.27. The van der Waals surface area contributed by atoms with Crippen LogP contribution < -0.4 is 5.73 Å². The number of carbonyl (C=O) groups is 1.